The monoisotopic (exact) mass is 312 g/mol. The molecule has 4 atom stereocenters. The summed E-state index contributed by atoms with van der Waals surface area (Å²) in [5, 5.41) is 6.77. The fourth-order valence-electron chi connectivity index (χ4n) is 5.52. The smallest absolute Gasteiger partial charge is 0.234 e. The van der Waals surface area contributed by atoms with E-state index >= 15 is 0 Å². The summed E-state index contributed by atoms with van der Waals surface area (Å²) < 4.78 is 0. The molecule has 0 aromatic heterocycles. The normalized spacial score (nSPS) is 35.0. The van der Waals surface area contributed by atoms with Crippen LogP contribution in [0.2, 0.25) is 0 Å². The molecule has 0 radical (unpaired) electrons. The molecule has 3 aliphatic carbocycles. The minimum absolute atomic E-state index is 0.126. The lowest BCUT2D eigenvalue weighted by atomic mass is 9.61. The molecule has 23 heavy (non-hydrogen) atoms. The van der Waals surface area contributed by atoms with Crippen LogP contribution in [0.25, 0.3) is 0 Å². The molecule has 1 aromatic carbocycles. The minimum atomic E-state index is 0.126. The molecule has 4 bridgehead atoms. The van der Waals surface area contributed by atoms with E-state index in [-0.39, 0.29) is 11.4 Å². The third-order valence-corrected chi connectivity index (χ3v) is 6.59. The summed E-state index contributed by atoms with van der Waals surface area (Å²) in [5.74, 6) is 2.76. The summed E-state index contributed by atoms with van der Waals surface area (Å²) in [7, 11) is 0. The third-order valence-electron chi connectivity index (χ3n) is 6.59. The predicted octanol–water partition coefficient (Wildman–Crippen LogP) is 3.25. The molecule has 3 saturated carbocycles. The summed E-state index contributed by atoms with van der Waals surface area (Å²) >= 11 is 0. The molecule has 4 rings (SSSR count). The zero-order chi connectivity index (χ0) is 15.7. The average Bonchev–Trinajstić information content (AvgIpc) is 3.03. The molecule has 4 unspecified atom stereocenters. The number of nitrogens with one attached hydrogen (secondary N) is 2. The molecule has 3 fully saturated rings. The van der Waals surface area contributed by atoms with Crippen LogP contribution < -0.4 is 10.6 Å². The number of carbonyl (C=O) groups is 1. The first-order valence-corrected chi connectivity index (χ1v) is 9.31. The van der Waals surface area contributed by atoms with Crippen LogP contribution in [0.15, 0.2) is 30.3 Å². The van der Waals surface area contributed by atoms with Crippen molar-refractivity contribution < 1.29 is 4.79 Å². The molecule has 3 aliphatic rings. The Bertz CT molecular complexity index is 558. The van der Waals surface area contributed by atoms with Gasteiger partial charge in [0, 0.05) is 12.1 Å². The van der Waals surface area contributed by atoms with Crippen molar-refractivity contribution in [1.29, 1.82) is 0 Å². The molecular weight excluding hydrogens is 284 g/mol. The Morgan fingerprint density at radius 1 is 1.13 bits per heavy atom. The van der Waals surface area contributed by atoms with Crippen molar-refractivity contribution in [3.05, 3.63) is 35.9 Å². The Morgan fingerprint density at radius 2 is 2.00 bits per heavy atom. The van der Waals surface area contributed by atoms with E-state index in [1.165, 1.54) is 50.5 Å². The topological polar surface area (TPSA) is 41.1 Å². The van der Waals surface area contributed by atoms with E-state index in [0.717, 1.165) is 24.3 Å². The van der Waals surface area contributed by atoms with Crippen molar-refractivity contribution in [2.24, 2.45) is 17.8 Å². The summed E-state index contributed by atoms with van der Waals surface area (Å²) in [6.07, 6.45) is 9.23. The molecule has 1 amide bonds. The van der Waals surface area contributed by atoms with Crippen LogP contribution in [-0.4, -0.2) is 18.0 Å². The Hall–Kier alpha value is -1.35. The fraction of sp³-hybridized carbons (Fsp3) is 0.650. The van der Waals surface area contributed by atoms with E-state index in [1.807, 2.05) is 18.2 Å². The second-order valence-corrected chi connectivity index (χ2v) is 7.92. The molecule has 1 aromatic rings. The van der Waals surface area contributed by atoms with Gasteiger partial charge in [0.2, 0.25) is 5.91 Å². The SMILES string of the molecule is O=C(CNCc1ccccc1)NC12CCCC(C1)C1CCC2C1. The molecule has 0 heterocycles. The minimum Gasteiger partial charge on any atom is -0.349 e. The molecular formula is C20H28N2O. The Balaban J connectivity index is 1.33. The summed E-state index contributed by atoms with van der Waals surface area (Å²) in [6.45, 7) is 1.19. The van der Waals surface area contributed by atoms with Crippen LogP contribution in [0.1, 0.15) is 50.5 Å². The van der Waals surface area contributed by atoms with Crippen LogP contribution in [-0.2, 0) is 11.3 Å². The van der Waals surface area contributed by atoms with Gasteiger partial charge >= 0.3 is 0 Å². The number of rotatable bonds is 5. The van der Waals surface area contributed by atoms with Crippen LogP contribution >= 0.6 is 0 Å². The number of hydrogen-bond donors (Lipinski definition) is 2. The number of fused-ring (bicyclic) bond motifs is 6. The van der Waals surface area contributed by atoms with E-state index in [4.69, 9.17) is 0 Å². The number of hydrogen-bond acceptors (Lipinski definition) is 2. The first kappa shape index (κ1) is 15.2. The van der Waals surface area contributed by atoms with Crippen LogP contribution in [0.4, 0.5) is 0 Å². The Kier molecular flexibility index (Phi) is 4.14. The molecule has 0 aliphatic heterocycles. The van der Waals surface area contributed by atoms with Crippen molar-refractivity contribution >= 4 is 5.91 Å². The second kappa shape index (κ2) is 6.27. The predicted molar refractivity (Wildman–Crippen MR) is 91.8 cm³/mol. The van der Waals surface area contributed by atoms with Gasteiger partial charge in [-0.1, -0.05) is 43.2 Å². The van der Waals surface area contributed by atoms with Gasteiger partial charge in [-0.25, -0.2) is 0 Å². The highest BCUT2D eigenvalue weighted by atomic mass is 16.2. The highest BCUT2D eigenvalue weighted by Crippen LogP contribution is 2.56. The standard InChI is InChI=1S/C20H28N2O/c23-19(14-21-13-15-5-2-1-3-6-15)22-20-10-4-7-17(12-20)16-8-9-18(20)11-16/h1-3,5-6,16-18,21H,4,7-14H2,(H,22,23). The Labute approximate surface area is 139 Å². The van der Waals surface area contributed by atoms with E-state index in [1.54, 1.807) is 0 Å². The molecule has 124 valence electrons. The molecule has 3 nitrogen and oxygen atoms in total. The summed E-state index contributed by atoms with van der Waals surface area (Å²) in [5.41, 5.74) is 1.36. The van der Waals surface area contributed by atoms with E-state index in [2.05, 4.69) is 22.8 Å². The van der Waals surface area contributed by atoms with Gasteiger partial charge in [0.25, 0.3) is 0 Å². The van der Waals surface area contributed by atoms with Crippen LogP contribution in [0.3, 0.4) is 0 Å². The van der Waals surface area contributed by atoms with E-state index < -0.39 is 0 Å². The van der Waals surface area contributed by atoms with Crippen molar-refractivity contribution in [3.8, 4) is 0 Å². The van der Waals surface area contributed by atoms with Gasteiger partial charge in [0.05, 0.1) is 6.54 Å². The summed E-state index contributed by atoms with van der Waals surface area (Å²) in [6, 6.07) is 10.3. The molecule has 0 spiro atoms. The lowest BCUT2D eigenvalue weighted by Crippen LogP contribution is -2.59. The quantitative estimate of drug-likeness (QED) is 0.876. The first-order chi connectivity index (χ1) is 11.3. The van der Waals surface area contributed by atoms with Crippen molar-refractivity contribution in [2.75, 3.05) is 6.54 Å². The molecule has 2 N–H and O–H groups in total. The highest BCUT2D eigenvalue weighted by Gasteiger charge is 2.53. The van der Waals surface area contributed by atoms with Gasteiger partial charge in [-0.05, 0) is 55.4 Å². The lowest BCUT2D eigenvalue weighted by molar-refractivity contribution is -0.124. The zero-order valence-electron chi connectivity index (χ0n) is 13.9. The van der Waals surface area contributed by atoms with Gasteiger partial charge < -0.3 is 10.6 Å². The molecule has 0 saturated heterocycles. The maximum absolute atomic E-state index is 12.5. The maximum Gasteiger partial charge on any atom is 0.234 e. The lowest BCUT2D eigenvalue weighted by Gasteiger charge is -2.50. The second-order valence-electron chi connectivity index (χ2n) is 7.92. The van der Waals surface area contributed by atoms with Crippen molar-refractivity contribution in [1.82, 2.24) is 10.6 Å². The first-order valence-electron chi connectivity index (χ1n) is 9.31. The van der Waals surface area contributed by atoms with Gasteiger partial charge in [0.1, 0.15) is 0 Å². The summed E-state index contributed by atoms with van der Waals surface area (Å²) in [4.78, 5) is 12.5. The highest BCUT2D eigenvalue weighted by molar-refractivity contribution is 5.79. The van der Waals surface area contributed by atoms with Crippen molar-refractivity contribution in [3.63, 3.8) is 0 Å². The average molecular weight is 312 g/mol. The number of benzene rings is 1. The van der Waals surface area contributed by atoms with E-state index in [0.29, 0.717) is 6.54 Å². The van der Waals surface area contributed by atoms with Gasteiger partial charge in [-0.2, -0.15) is 0 Å². The Morgan fingerprint density at radius 3 is 2.87 bits per heavy atom. The third kappa shape index (κ3) is 3.03. The molecule has 3 heteroatoms. The van der Waals surface area contributed by atoms with Gasteiger partial charge in [-0.15, -0.1) is 0 Å². The zero-order valence-corrected chi connectivity index (χ0v) is 13.9. The van der Waals surface area contributed by atoms with Crippen LogP contribution in [0, 0.1) is 17.8 Å². The van der Waals surface area contributed by atoms with Crippen molar-refractivity contribution in [2.45, 2.75) is 57.0 Å². The fourth-order valence-corrected chi connectivity index (χ4v) is 5.52. The van der Waals surface area contributed by atoms with Crippen LogP contribution in [0.5, 0.6) is 0 Å². The largest absolute Gasteiger partial charge is 0.349 e. The number of carbonyl (C=O) groups excluding carboxylic acids is 1. The van der Waals surface area contributed by atoms with Gasteiger partial charge in [0.15, 0.2) is 0 Å². The van der Waals surface area contributed by atoms with Gasteiger partial charge in [-0.3, -0.25) is 4.79 Å². The maximum atomic E-state index is 12.5. The number of amides is 1. The van der Waals surface area contributed by atoms with E-state index in [9.17, 15) is 4.79 Å².